The van der Waals surface area contributed by atoms with Crippen LogP contribution in [-0.2, 0) is 0 Å². The van der Waals surface area contributed by atoms with E-state index >= 15 is 0 Å². The number of halogens is 3. The van der Waals surface area contributed by atoms with Crippen molar-refractivity contribution in [3.05, 3.63) is 62.0 Å². The van der Waals surface area contributed by atoms with Gasteiger partial charge in [0.2, 0.25) is 0 Å². The Bertz CT molecular complexity index is 575. The van der Waals surface area contributed by atoms with E-state index in [0.29, 0.717) is 11.6 Å². The Balaban J connectivity index is 2.27. The van der Waals surface area contributed by atoms with Crippen LogP contribution in [0.15, 0.2) is 51.4 Å². The van der Waals surface area contributed by atoms with Crippen molar-refractivity contribution >= 4 is 49.1 Å². The molecule has 0 radical (unpaired) electrons. The first-order valence-corrected chi connectivity index (χ1v) is 7.73. The molecule has 1 atom stereocenters. The van der Waals surface area contributed by atoms with Crippen molar-refractivity contribution in [3.8, 4) is 0 Å². The van der Waals surface area contributed by atoms with Crippen LogP contribution in [0.5, 0.6) is 0 Å². The topological polar surface area (TPSA) is 38.0 Å². The first-order valence-electron chi connectivity index (χ1n) is 5.77. The second kappa shape index (κ2) is 6.75. The quantitative estimate of drug-likeness (QED) is 0.754. The molecule has 0 saturated heterocycles. The maximum atomic E-state index is 6.05. The number of hydrogen-bond acceptors (Lipinski definition) is 2. The molecule has 2 aromatic carbocycles. The van der Waals surface area contributed by atoms with Crippen LogP contribution in [0, 0.1) is 0 Å². The molecule has 0 aliphatic heterocycles. The molecule has 2 aromatic rings. The van der Waals surface area contributed by atoms with Gasteiger partial charge in [-0.3, -0.25) is 0 Å². The molecule has 0 aromatic heterocycles. The van der Waals surface area contributed by atoms with Gasteiger partial charge in [0.15, 0.2) is 0 Å². The number of nitrogens with two attached hydrogens (primary N) is 1. The van der Waals surface area contributed by atoms with Crippen LogP contribution in [0.1, 0.15) is 11.6 Å². The van der Waals surface area contributed by atoms with E-state index in [1.807, 2.05) is 42.5 Å². The minimum absolute atomic E-state index is 0.00220. The first kappa shape index (κ1) is 14.9. The fourth-order valence-corrected chi connectivity index (χ4v) is 2.93. The number of anilines is 1. The summed E-state index contributed by atoms with van der Waals surface area (Å²) in [6.07, 6.45) is 0. The molecule has 0 saturated carbocycles. The summed E-state index contributed by atoms with van der Waals surface area (Å²) < 4.78 is 2.02. The summed E-state index contributed by atoms with van der Waals surface area (Å²) in [5.41, 5.74) is 7.93. The summed E-state index contributed by atoms with van der Waals surface area (Å²) in [4.78, 5) is 0. The summed E-state index contributed by atoms with van der Waals surface area (Å²) in [5, 5.41) is 4.11. The maximum absolute atomic E-state index is 6.05. The zero-order chi connectivity index (χ0) is 13.8. The number of benzene rings is 2. The number of hydrogen-bond donors (Lipinski definition) is 2. The van der Waals surface area contributed by atoms with E-state index in [2.05, 4.69) is 37.2 Å². The van der Waals surface area contributed by atoms with E-state index in [4.69, 9.17) is 17.3 Å². The molecular weight excluding hydrogens is 391 g/mol. The normalized spacial score (nSPS) is 12.2. The van der Waals surface area contributed by atoms with Gasteiger partial charge in [-0.1, -0.05) is 49.5 Å². The molecular formula is C14H13Br2ClN2. The molecule has 0 aliphatic rings. The standard InChI is InChI=1S/C14H13Br2ClN2/c15-9-2-1-3-11(6-9)19-14(8-18)12-7-10(17)4-5-13(12)16/h1-7,14,19H,8,18H2. The van der Waals surface area contributed by atoms with Gasteiger partial charge in [-0.15, -0.1) is 0 Å². The highest BCUT2D eigenvalue weighted by molar-refractivity contribution is 9.10. The number of nitrogens with one attached hydrogen (secondary N) is 1. The van der Waals surface area contributed by atoms with Crippen LogP contribution in [-0.4, -0.2) is 6.54 Å². The lowest BCUT2D eigenvalue weighted by molar-refractivity contribution is 0.786. The monoisotopic (exact) mass is 402 g/mol. The average molecular weight is 405 g/mol. The fraction of sp³-hybridized carbons (Fsp3) is 0.143. The van der Waals surface area contributed by atoms with Crippen molar-refractivity contribution in [3.63, 3.8) is 0 Å². The lowest BCUT2D eigenvalue weighted by Gasteiger charge is -2.20. The Labute approximate surface area is 134 Å². The summed E-state index contributed by atoms with van der Waals surface area (Å²) in [6, 6.07) is 13.7. The molecule has 1 unspecified atom stereocenters. The van der Waals surface area contributed by atoms with Crippen LogP contribution in [0.2, 0.25) is 5.02 Å². The third-order valence-electron chi connectivity index (χ3n) is 2.73. The van der Waals surface area contributed by atoms with Gasteiger partial charge in [-0.05, 0) is 42.0 Å². The predicted molar refractivity (Wildman–Crippen MR) is 88.7 cm³/mol. The molecule has 5 heteroatoms. The smallest absolute Gasteiger partial charge is 0.0647 e. The van der Waals surface area contributed by atoms with E-state index in [-0.39, 0.29) is 6.04 Å². The van der Waals surface area contributed by atoms with Crippen molar-refractivity contribution in [1.29, 1.82) is 0 Å². The lowest BCUT2D eigenvalue weighted by atomic mass is 10.1. The summed E-state index contributed by atoms with van der Waals surface area (Å²) in [6.45, 7) is 0.478. The van der Waals surface area contributed by atoms with Crippen molar-refractivity contribution in [2.45, 2.75) is 6.04 Å². The Morgan fingerprint density at radius 2 is 1.95 bits per heavy atom. The third kappa shape index (κ3) is 3.96. The molecule has 0 heterocycles. The highest BCUT2D eigenvalue weighted by Crippen LogP contribution is 2.29. The van der Waals surface area contributed by atoms with Crippen molar-refractivity contribution in [2.24, 2.45) is 5.73 Å². The molecule has 100 valence electrons. The molecule has 2 rings (SSSR count). The van der Waals surface area contributed by atoms with E-state index < -0.39 is 0 Å². The zero-order valence-corrected chi connectivity index (χ0v) is 14.0. The molecule has 0 spiro atoms. The van der Waals surface area contributed by atoms with Crippen molar-refractivity contribution < 1.29 is 0 Å². The fourth-order valence-electron chi connectivity index (χ4n) is 1.82. The predicted octanol–water partition coefficient (Wildman–Crippen LogP) is 4.98. The zero-order valence-electron chi connectivity index (χ0n) is 10.0. The summed E-state index contributed by atoms with van der Waals surface area (Å²) in [5.74, 6) is 0. The van der Waals surface area contributed by atoms with E-state index in [9.17, 15) is 0 Å². The van der Waals surface area contributed by atoms with E-state index in [0.717, 1.165) is 20.2 Å². The molecule has 2 nitrogen and oxygen atoms in total. The molecule has 19 heavy (non-hydrogen) atoms. The maximum Gasteiger partial charge on any atom is 0.0647 e. The van der Waals surface area contributed by atoms with Crippen molar-refractivity contribution in [2.75, 3.05) is 11.9 Å². The molecule has 0 aliphatic carbocycles. The Hall–Kier alpha value is -0.550. The van der Waals surface area contributed by atoms with Crippen LogP contribution >= 0.6 is 43.5 Å². The van der Waals surface area contributed by atoms with Gasteiger partial charge < -0.3 is 11.1 Å². The average Bonchev–Trinajstić information content (AvgIpc) is 2.39. The molecule has 0 fully saturated rings. The third-order valence-corrected chi connectivity index (χ3v) is 4.19. The van der Waals surface area contributed by atoms with Gasteiger partial charge in [0.25, 0.3) is 0 Å². The van der Waals surface area contributed by atoms with Crippen LogP contribution in [0.3, 0.4) is 0 Å². The first-order chi connectivity index (χ1) is 9.10. The van der Waals surface area contributed by atoms with Crippen LogP contribution in [0.25, 0.3) is 0 Å². The van der Waals surface area contributed by atoms with E-state index in [1.165, 1.54) is 0 Å². The van der Waals surface area contributed by atoms with Gasteiger partial charge in [0, 0.05) is 26.2 Å². The summed E-state index contributed by atoms with van der Waals surface area (Å²) >= 11 is 13.0. The Morgan fingerprint density at radius 3 is 2.63 bits per heavy atom. The van der Waals surface area contributed by atoms with Gasteiger partial charge >= 0.3 is 0 Å². The lowest BCUT2D eigenvalue weighted by Crippen LogP contribution is -2.21. The summed E-state index contributed by atoms with van der Waals surface area (Å²) in [7, 11) is 0. The van der Waals surface area contributed by atoms with Crippen LogP contribution < -0.4 is 11.1 Å². The molecule has 3 N–H and O–H groups in total. The minimum atomic E-state index is 0.00220. The van der Waals surface area contributed by atoms with Crippen molar-refractivity contribution in [1.82, 2.24) is 0 Å². The van der Waals surface area contributed by atoms with Gasteiger partial charge in [-0.25, -0.2) is 0 Å². The largest absolute Gasteiger partial charge is 0.377 e. The number of rotatable bonds is 4. The van der Waals surface area contributed by atoms with Gasteiger partial charge in [0.05, 0.1) is 6.04 Å². The Kier molecular flexibility index (Phi) is 5.28. The Morgan fingerprint density at radius 1 is 1.16 bits per heavy atom. The highest BCUT2D eigenvalue weighted by atomic mass is 79.9. The molecule has 0 bridgehead atoms. The molecule has 0 amide bonds. The van der Waals surface area contributed by atoms with Gasteiger partial charge in [-0.2, -0.15) is 0 Å². The van der Waals surface area contributed by atoms with E-state index in [1.54, 1.807) is 0 Å². The highest BCUT2D eigenvalue weighted by Gasteiger charge is 2.13. The second-order valence-electron chi connectivity index (χ2n) is 4.11. The van der Waals surface area contributed by atoms with Crippen LogP contribution in [0.4, 0.5) is 5.69 Å². The van der Waals surface area contributed by atoms with Gasteiger partial charge in [0.1, 0.15) is 0 Å². The SMILES string of the molecule is NCC(Nc1cccc(Br)c1)c1cc(Cl)ccc1Br. The minimum Gasteiger partial charge on any atom is -0.377 e. The second-order valence-corrected chi connectivity index (χ2v) is 6.32.